The predicted octanol–water partition coefficient (Wildman–Crippen LogP) is 3.81. The molecule has 0 bridgehead atoms. The lowest BCUT2D eigenvalue weighted by Gasteiger charge is -2.16. The third-order valence-electron chi connectivity index (χ3n) is 5.52. The van der Waals surface area contributed by atoms with Gasteiger partial charge >= 0.3 is 11.9 Å². The summed E-state index contributed by atoms with van der Waals surface area (Å²) in [4.78, 5) is 48.2. The van der Waals surface area contributed by atoms with Crippen LogP contribution in [0.2, 0.25) is 0 Å². The number of amides is 1. The molecule has 2 aromatic carbocycles. The molecule has 0 unspecified atom stereocenters. The first kappa shape index (κ1) is 23.2. The minimum absolute atomic E-state index is 0.0273. The summed E-state index contributed by atoms with van der Waals surface area (Å²) in [5.41, 5.74) is 4.59. The molecule has 7 nitrogen and oxygen atoms in total. The topological polar surface area (TPSA) is 98.8 Å². The Morgan fingerprint density at radius 1 is 0.906 bits per heavy atom. The number of aryl methyl sites for hydroxylation is 3. The molecule has 0 atom stereocenters. The summed E-state index contributed by atoms with van der Waals surface area (Å²) in [6.45, 7) is 1.29. The van der Waals surface area contributed by atoms with Crippen LogP contribution in [0, 0.1) is 6.92 Å². The predicted molar refractivity (Wildman–Crippen MR) is 119 cm³/mol. The average Bonchev–Trinajstić information content (AvgIpc) is 2.81. The van der Waals surface area contributed by atoms with Gasteiger partial charge in [0.25, 0.3) is 5.91 Å². The van der Waals surface area contributed by atoms with Crippen LogP contribution in [0.5, 0.6) is 0 Å². The van der Waals surface area contributed by atoms with Crippen LogP contribution < -0.4 is 5.32 Å². The molecule has 2 aromatic rings. The van der Waals surface area contributed by atoms with E-state index in [0.29, 0.717) is 16.8 Å². The number of Topliss-reactive ketones (excluding diaryl/α,β-unsaturated/α-hetero) is 1. The van der Waals surface area contributed by atoms with Crippen molar-refractivity contribution in [2.24, 2.45) is 0 Å². The molecule has 1 aliphatic carbocycles. The minimum Gasteiger partial charge on any atom is -0.465 e. The lowest BCUT2D eigenvalue weighted by atomic mass is 9.89. The fourth-order valence-corrected chi connectivity index (χ4v) is 3.67. The van der Waals surface area contributed by atoms with Crippen molar-refractivity contribution in [2.45, 2.75) is 45.4 Å². The molecule has 0 saturated carbocycles. The number of anilines is 1. The number of methoxy groups -OCH3 is 1. The molecule has 7 heteroatoms. The Balaban J connectivity index is 1.46. The monoisotopic (exact) mass is 437 g/mol. The van der Waals surface area contributed by atoms with E-state index < -0.39 is 24.5 Å². The Morgan fingerprint density at radius 2 is 1.62 bits per heavy atom. The van der Waals surface area contributed by atoms with Crippen molar-refractivity contribution in [3.63, 3.8) is 0 Å². The van der Waals surface area contributed by atoms with Crippen molar-refractivity contribution in [1.82, 2.24) is 0 Å². The van der Waals surface area contributed by atoms with Crippen LogP contribution in [-0.4, -0.2) is 37.3 Å². The number of benzene rings is 2. The van der Waals surface area contributed by atoms with Gasteiger partial charge in [0.2, 0.25) is 0 Å². The number of fused-ring (bicyclic) bond motifs is 1. The molecular weight excluding hydrogens is 410 g/mol. The van der Waals surface area contributed by atoms with Crippen LogP contribution in [-0.2, 0) is 31.9 Å². The number of hydrogen-bond acceptors (Lipinski definition) is 6. The second-order valence-electron chi connectivity index (χ2n) is 7.84. The normalized spacial score (nSPS) is 12.4. The van der Waals surface area contributed by atoms with Crippen LogP contribution in [0.4, 0.5) is 5.69 Å². The summed E-state index contributed by atoms with van der Waals surface area (Å²) >= 11 is 0. The fraction of sp³-hybridized carbons (Fsp3) is 0.360. The molecule has 1 aliphatic rings. The zero-order valence-electron chi connectivity index (χ0n) is 18.4. The van der Waals surface area contributed by atoms with Gasteiger partial charge in [-0.15, -0.1) is 0 Å². The zero-order valence-corrected chi connectivity index (χ0v) is 18.4. The number of rotatable bonds is 8. The molecule has 1 N–H and O–H groups in total. The van der Waals surface area contributed by atoms with Crippen molar-refractivity contribution in [3.05, 3.63) is 64.2 Å². The van der Waals surface area contributed by atoms with Gasteiger partial charge in [-0.1, -0.05) is 18.2 Å². The number of hydrogen-bond donors (Lipinski definition) is 1. The number of carbonyl (C=O) groups excluding carboxylic acids is 4. The molecule has 0 heterocycles. The minimum atomic E-state index is -0.619. The summed E-state index contributed by atoms with van der Waals surface area (Å²) in [5.74, 6) is -1.79. The van der Waals surface area contributed by atoms with E-state index in [4.69, 9.17) is 4.74 Å². The first-order valence-electron chi connectivity index (χ1n) is 10.7. The van der Waals surface area contributed by atoms with E-state index in [1.165, 1.54) is 30.7 Å². The number of nitrogens with one attached hydrogen (secondary N) is 1. The Kier molecular flexibility index (Phi) is 7.76. The highest BCUT2D eigenvalue weighted by molar-refractivity contribution is 5.98. The molecule has 0 aliphatic heterocycles. The van der Waals surface area contributed by atoms with E-state index in [-0.39, 0.29) is 18.6 Å². The van der Waals surface area contributed by atoms with Crippen LogP contribution in [0.1, 0.15) is 63.1 Å². The molecular formula is C25H27NO6. The Bertz CT molecular complexity index is 1040. The highest BCUT2D eigenvalue weighted by atomic mass is 16.5. The van der Waals surface area contributed by atoms with Gasteiger partial charge in [0, 0.05) is 17.7 Å². The summed E-state index contributed by atoms with van der Waals surface area (Å²) in [6.07, 6.45) is 4.27. The largest absolute Gasteiger partial charge is 0.465 e. The van der Waals surface area contributed by atoms with Crippen LogP contribution >= 0.6 is 0 Å². The molecule has 3 rings (SSSR count). The third kappa shape index (κ3) is 6.03. The Labute approximate surface area is 187 Å². The van der Waals surface area contributed by atoms with Gasteiger partial charge in [0.1, 0.15) is 0 Å². The maximum absolute atomic E-state index is 12.4. The third-order valence-corrected chi connectivity index (χ3v) is 5.52. The Morgan fingerprint density at radius 3 is 2.38 bits per heavy atom. The molecule has 1 amide bonds. The van der Waals surface area contributed by atoms with Gasteiger partial charge in [-0.05, 0) is 67.5 Å². The van der Waals surface area contributed by atoms with E-state index in [2.05, 4.69) is 10.1 Å². The summed E-state index contributed by atoms with van der Waals surface area (Å²) in [5, 5.41) is 2.61. The van der Waals surface area contributed by atoms with Gasteiger partial charge < -0.3 is 14.8 Å². The zero-order chi connectivity index (χ0) is 23.1. The number of ketones is 1. The standard InChI is InChI=1S/C25H27NO6/c1-16-7-8-20(25(30)31-2)14-21(16)26-23(28)15-32-24(29)12-11-22(27)19-10-9-17-5-3-4-6-18(17)13-19/h7-10,13-14H,3-6,11-12,15H2,1-2H3,(H,26,28). The van der Waals surface area contributed by atoms with Gasteiger partial charge in [-0.25, -0.2) is 4.79 Å². The molecule has 0 spiro atoms. The lowest BCUT2D eigenvalue weighted by Crippen LogP contribution is -2.22. The summed E-state index contributed by atoms with van der Waals surface area (Å²) in [7, 11) is 1.27. The smallest absolute Gasteiger partial charge is 0.337 e. The van der Waals surface area contributed by atoms with Crippen LogP contribution in [0.15, 0.2) is 36.4 Å². The van der Waals surface area contributed by atoms with E-state index in [1.807, 2.05) is 18.2 Å². The van der Waals surface area contributed by atoms with Crippen molar-refractivity contribution in [1.29, 1.82) is 0 Å². The quantitative estimate of drug-likeness (QED) is 0.498. The number of esters is 2. The van der Waals surface area contributed by atoms with E-state index in [9.17, 15) is 19.2 Å². The second-order valence-corrected chi connectivity index (χ2v) is 7.84. The summed E-state index contributed by atoms with van der Waals surface area (Å²) in [6, 6.07) is 10.5. The van der Waals surface area contributed by atoms with Crippen LogP contribution in [0.3, 0.4) is 0 Å². The van der Waals surface area contributed by atoms with Gasteiger partial charge in [0.05, 0.1) is 19.1 Å². The highest BCUT2D eigenvalue weighted by Crippen LogP contribution is 2.23. The molecule has 0 aromatic heterocycles. The molecule has 0 saturated heterocycles. The van der Waals surface area contributed by atoms with Gasteiger partial charge in [-0.2, -0.15) is 0 Å². The maximum atomic E-state index is 12.4. The van der Waals surface area contributed by atoms with Gasteiger partial charge in [-0.3, -0.25) is 14.4 Å². The average molecular weight is 437 g/mol. The first-order valence-corrected chi connectivity index (χ1v) is 10.7. The van der Waals surface area contributed by atoms with E-state index in [1.54, 1.807) is 19.1 Å². The Hall–Kier alpha value is -3.48. The van der Waals surface area contributed by atoms with Crippen molar-refractivity contribution in [3.8, 4) is 0 Å². The first-order chi connectivity index (χ1) is 15.4. The summed E-state index contributed by atoms with van der Waals surface area (Å²) < 4.78 is 9.67. The molecule has 168 valence electrons. The van der Waals surface area contributed by atoms with E-state index >= 15 is 0 Å². The molecule has 0 fully saturated rings. The van der Waals surface area contributed by atoms with E-state index in [0.717, 1.165) is 24.8 Å². The SMILES string of the molecule is COC(=O)c1ccc(C)c(NC(=O)COC(=O)CCC(=O)c2ccc3c(c2)CCCC3)c1. The maximum Gasteiger partial charge on any atom is 0.337 e. The van der Waals surface area contributed by atoms with Gasteiger partial charge in [0.15, 0.2) is 12.4 Å². The molecule has 32 heavy (non-hydrogen) atoms. The van der Waals surface area contributed by atoms with Crippen molar-refractivity contribution >= 4 is 29.3 Å². The fourth-order valence-electron chi connectivity index (χ4n) is 3.67. The molecule has 0 radical (unpaired) electrons. The van der Waals surface area contributed by atoms with Crippen LogP contribution in [0.25, 0.3) is 0 Å². The van der Waals surface area contributed by atoms with Crippen molar-refractivity contribution < 1.29 is 28.7 Å². The highest BCUT2D eigenvalue weighted by Gasteiger charge is 2.16. The number of ether oxygens (including phenoxy) is 2. The number of carbonyl (C=O) groups is 4. The van der Waals surface area contributed by atoms with Crippen molar-refractivity contribution in [2.75, 3.05) is 19.0 Å². The lowest BCUT2D eigenvalue weighted by molar-refractivity contribution is -0.147. The second kappa shape index (κ2) is 10.7.